The van der Waals surface area contributed by atoms with Crippen molar-refractivity contribution >= 4 is 15.9 Å². The van der Waals surface area contributed by atoms with Gasteiger partial charge in [0.25, 0.3) is 0 Å². The van der Waals surface area contributed by atoms with Crippen molar-refractivity contribution in [1.29, 1.82) is 0 Å². The molecular formula is C7H7BrNO2. The molecule has 1 rings (SSSR count). The molecule has 0 fully saturated rings. The van der Waals surface area contributed by atoms with E-state index < -0.39 is 0 Å². The van der Waals surface area contributed by atoms with E-state index in [0.717, 1.165) is 4.47 Å². The molecule has 1 radical (unpaired) electrons. The topological polar surface area (TPSA) is 31.4 Å². The normalized spacial score (nSPS) is 9.36. The monoisotopic (exact) mass is 216 g/mol. The lowest BCUT2D eigenvalue weighted by molar-refractivity contribution is 0.385. The molecule has 0 spiro atoms. The molecule has 0 amide bonds. The summed E-state index contributed by atoms with van der Waals surface area (Å²) in [5, 5.41) is 0. The van der Waals surface area contributed by atoms with E-state index in [-0.39, 0.29) is 0 Å². The molecular weight excluding hydrogens is 210 g/mol. The van der Waals surface area contributed by atoms with Crippen molar-refractivity contribution in [1.82, 2.24) is 4.98 Å². The quantitative estimate of drug-likeness (QED) is 0.754. The van der Waals surface area contributed by atoms with Crippen molar-refractivity contribution in [2.45, 2.75) is 0 Å². The fraction of sp³-hybridized carbons (Fsp3) is 0.286. The number of halogens is 1. The van der Waals surface area contributed by atoms with E-state index in [4.69, 9.17) is 9.47 Å². The van der Waals surface area contributed by atoms with Gasteiger partial charge in [0, 0.05) is 0 Å². The van der Waals surface area contributed by atoms with Crippen LogP contribution < -0.4 is 9.47 Å². The molecule has 0 bridgehead atoms. The molecule has 0 aliphatic carbocycles. The van der Waals surface area contributed by atoms with Crippen LogP contribution in [0.25, 0.3) is 0 Å². The first-order valence-electron chi connectivity index (χ1n) is 2.93. The molecule has 1 heterocycles. The van der Waals surface area contributed by atoms with Gasteiger partial charge in [-0.05, 0) is 15.9 Å². The summed E-state index contributed by atoms with van der Waals surface area (Å²) in [6, 6.07) is 0. The molecule has 0 saturated heterocycles. The molecule has 1 aromatic heterocycles. The van der Waals surface area contributed by atoms with Crippen molar-refractivity contribution in [3.8, 4) is 11.5 Å². The van der Waals surface area contributed by atoms with Gasteiger partial charge in [0.15, 0.2) is 11.5 Å². The maximum Gasteiger partial charge on any atom is 0.164 e. The Morgan fingerprint density at radius 2 is 2.18 bits per heavy atom. The van der Waals surface area contributed by atoms with Gasteiger partial charge in [-0.15, -0.1) is 0 Å². The van der Waals surface area contributed by atoms with E-state index in [2.05, 4.69) is 27.1 Å². The number of nitrogens with zero attached hydrogens (tertiary/aromatic N) is 1. The molecule has 0 N–H and O–H groups in total. The maximum absolute atomic E-state index is 4.98. The number of aromatic nitrogens is 1. The molecule has 11 heavy (non-hydrogen) atoms. The molecule has 1 aromatic rings. The van der Waals surface area contributed by atoms with Gasteiger partial charge in [0.05, 0.1) is 20.4 Å². The summed E-state index contributed by atoms with van der Waals surface area (Å²) in [5.41, 5.74) is 0. The van der Waals surface area contributed by atoms with E-state index in [0.29, 0.717) is 11.5 Å². The highest BCUT2D eigenvalue weighted by atomic mass is 79.9. The molecule has 0 unspecified atom stereocenters. The minimum atomic E-state index is 0.546. The largest absolute Gasteiger partial charge is 0.494 e. The third kappa shape index (κ3) is 1.63. The lowest BCUT2D eigenvalue weighted by atomic mass is 10.4. The van der Waals surface area contributed by atoms with E-state index in [9.17, 15) is 0 Å². The molecule has 59 valence electrons. The SMILES string of the molecule is COc1[c]ncc(OC)c1Br. The van der Waals surface area contributed by atoms with Crippen LogP contribution in [0.5, 0.6) is 11.5 Å². The van der Waals surface area contributed by atoms with Crippen molar-refractivity contribution < 1.29 is 9.47 Å². The summed E-state index contributed by atoms with van der Waals surface area (Å²) in [6.07, 6.45) is 4.22. The number of pyridine rings is 1. The third-order valence-corrected chi connectivity index (χ3v) is 1.94. The predicted octanol–water partition coefficient (Wildman–Crippen LogP) is 1.66. The smallest absolute Gasteiger partial charge is 0.164 e. The van der Waals surface area contributed by atoms with Crippen LogP contribution in [-0.2, 0) is 0 Å². The lowest BCUT2D eigenvalue weighted by Crippen LogP contribution is -1.90. The average Bonchev–Trinajstić information content (AvgIpc) is 2.05. The highest BCUT2D eigenvalue weighted by Gasteiger charge is 2.05. The highest BCUT2D eigenvalue weighted by Crippen LogP contribution is 2.31. The zero-order valence-electron chi connectivity index (χ0n) is 6.22. The molecule has 3 nitrogen and oxygen atoms in total. The Hall–Kier alpha value is -0.770. The van der Waals surface area contributed by atoms with Crippen LogP contribution in [0.3, 0.4) is 0 Å². The van der Waals surface area contributed by atoms with Gasteiger partial charge in [0.1, 0.15) is 10.7 Å². The Kier molecular flexibility index (Phi) is 2.70. The zero-order valence-corrected chi connectivity index (χ0v) is 7.81. The van der Waals surface area contributed by atoms with Gasteiger partial charge < -0.3 is 9.47 Å². The van der Waals surface area contributed by atoms with Crippen LogP contribution in [0.2, 0.25) is 0 Å². The second-order valence-corrected chi connectivity index (χ2v) is 2.58. The van der Waals surface area contributed by atoms with E-state index >= 15 is 0 Å². The first kappa shape index (κ1) is 8.33. The standard InChI is InChI=1S/C7H7BrNO2/c1-10-5-3-9-4-6(11-2)7(5)8/h3H,1-2H3. The summed E-state index contributed by atoms with van der Waals surface area (Å²) in [4.78, 5) is 3.78. The number of rotatable bonds is 2. The van der Waals surface area contributed by atoms with Gasteiger partial charge in [-0.25, -0.2) is 4.98 Å². The minimum Gasteiger partial charge on any atom is -0.494 e. The lowest BCUT2D eigenvalue weighted by Gasteiger charge is -2.04. The van der Waals surface area contributed by atoms with Crippen LogP contribution in [0.1, 0.15) is 0 Å². The van der Waals surface area contributed by atoms with Crippen LogP contribution in [0.4, 0.5) is 0 Å². The summed E-state index contributed by atoms with van der Waals surface area (Å²) in [5.74, 6) is 1.19. The number of methoxy groups -OCH3 is 2. The summed E-state index contributed by atoms with van der Waals surface area (Å²) < 4.78 is 10.7. The van der Waals surface area contributed by atoms with Crippen molar-refractivity contribution in [3.63, 3.8) is 0 Å². The maximum atomic E-state index is 4.98. The van der Waals surface area contributed by atoms with E-state index in [1.54, 1.807) is 20.4 Å². The number of hydrogen-bond acceptors (Lipinski definition) is 3. The minimum absolute atomic E-state index is 0.546. The van der Waals surface area contributed by atoms with Crippen LogP contribution in [0, 0.1) is 6.20 Å². The Bertz CT molecular complexity index is 230. The van der Waals surface area contributed by atoms with Crippen LogP contribution >= 0.6 is 15.9 Å². The molecule has 0 aliphatic heterocycles. The second-order valence-electron chi connectivity index (χ2n) is 1.79. The van der Waals surface area contributed by atoms with Gasteiger partial charge >= 0.3 is 0 Å². The van der Waals surface area contributed by atoms with Crippen molar-refractivity contribution in [2.75, 3.05) is 14.2 Å². The zero-order chi connectivity index (χ0) is 8.27. The Balaban J connectivity index is 3.10. The highest BCUT2D eigenvalue weighted by molar-refractivity contribution is 9.10. The molecule has 0 aromatic carbocycles. The molecule has 0 aliphatic rings. The first-order valence-corrected chi connectivity index (χ1v) is 3.73. The first-order chi connectivity index (χ1) is 5.29. The fourth-order valence-electron chi connectivity index (χ4n) is 0.645. The number of hydrogen-bond donors (Lipinski definition) is 0. The van der Waals surface area contributed by atoms with Gasteiger partial charge in [-0.2, -0.15) is 0 Å². The van der Waals surface area contributed by atoms with Gasteiger partial charge in [-0.1, -0.05) is 0 Å². The Morgan fingerprint density at radius 3 is 2.73 bits per heavy atom. The van der Waals surface area contributed by atoms with Crippen molar-refractivity contribution in [2.24, 2.45) is 0 Å². The van der Waals surface area contributed by atoms with Crippen molar-refractivity contribution in [3.05, 3.63) is 16.9 Å². The third-order valence-electron chi connectivity index (χ3n) is 1.19. The molecule has 0 saturated carbocycles. The van der Waals surface area contributed by atoms with Crippen LogP contribution in [-0.4, -0.2) is 19.2 Å². The van der Waals surface area contributed by atoms with Gasteiger partial charge in [0.2, 0.25) is 0 Å². The van der Waals surface area contributed by atoms with Crippen LogP contribution in [0.15, 0.2) is 10.7 Å². The average molecular weight is 217 g/mol. The summed E-state index contributed by atoms with van der Waals surface area (Å²) in [7, 11) is 3.12. The predicted molar refractivity (Wildman–Crippen MR) is 43.9 cm³/mol. The fourth-order valence-corrected chi connectivity index (χ4v) is 1.16. The Morgan fingerprint density at radius 1 is 1.45 bits per heavy atom. The number of ether oxygens (including phenoxy) is 2. The molecule has 4 heteroatoms. The van der Waals surface area contributed by atoms with E-state index in [1.165, 1.54) is 0 Å². The van der Waals surface area contributed by atoms with E-state index in [1.807, 2.05) is 0 Å². The summed E-state index contributed by atoms with van der Waals surface area (Å²) >= 11 is 3.28. The van der Waals surface area contributed by atoms with Gasteiger partial charge in [-0.3, -0.25) is 0 Å². The summed E-state index contributed by atoms with van der Waals surface area (Å²) in [6.45, 7) is 0. The molecule has 0 atom stereocenters. The second kappa shape index (κ2) is 3.57. The Labute approximate surface area is 73.5 Å².